The molecule has 0 amide bonds. The minimum atomic E-state index is 0.472. The molecule has 0 bridgehead atoms. The zero-order valence-electron chi connectivity index (χ0n) is 10.5. The van der Waals surface area contributed by atoms with Crippen molar-refractivity contribution in [3.63, 3.8) is 0 Å². The zero-order valence-corrected chi connectivity index (χ0v) is 10.5. The summed E-state index contributed by atoms with van der Waals surface area (Å²) in [6, 6.07) is 13.6. The summed E-state index contributed by atoms with van der Waals surface area (Å²) in [4.78, 5) is 8.53. The second kappa shape index (κ2) is 4.57. The fraction of sp³-hybridized carbons (Fsp3) is 0.0667. The van der Waals surface area contributed by atoms with Crippen LogP contribution in [-0.4, -0.2) is 17.1 Å². The van der Waals surface area contributed by atoms with Crippen LogP contribution in [0.2, 0.25) is 0 Å². The summed E-state index contributed by atoms with van der Waals surface area (Å²) in [5.41, 5.74) is 8.55. The number of fused-ring (bicyclic) bond motifs is 1. The van der Waals surface area contributed by atoms with Gasteiger partial charge in [-0.25, -0.2) is 9.97 Å². The van der Waals surface area contributed by atoms with Crippen LogP contribution in [0, 0.1) is 0 Å². The fourth-order valence-electron chi connectivity index (χ4n) is 2.04. The summed E-state index contributed by atoms with van der Waals surface area (Å²) in [6.07, 6.45) is 1.71. The molecule has 0 aliphatic rings. The van der Waals surface area contributed by atoms with E-state index in [1.807, 2.05) is 42.5 Å². The molecule has 4 nitrogen and oxygen atoms in total. The Morgan fingerprint density at radius 3 is 2.84 bits per heavy atom. The Kier molecular flexibility index (Phi) is 2.76. The number of ether oxygens (including phenoxy) is 1. The molecule has 0 unspecified atom stereocenters. The quantitative estimate of drug-likeness (QED) is 0.760. The first-order chi connectivity index (χ1) is 9.28. The highest BCUT2D eigenvalue weighted by Crippen LogP contribution is 2.29. The molecule has 94 valence electrons. The van der Waals surface area contributed by atoms with Crippen LogP contribution < -0.4 is 10.5 Å². The lowest BCUT2D eigenvalue weighted by atomic mass is 10.0. The van der Waals surface area contributed by atoms with Gasteiger partial charge in [0, 0.05) is 17.1 Å². The van der Waals surface area contributed by atoms with Crippen molar-refractivity contribution in [2.24, 2.45) is 0 Å². The van der Waals surface area contributed by atoms with Gasteiger partial charge in [-0.1, -0.05) is 12.1 Å². The minimum Gasteiger partial charge on any atom is -0.497 e. The van der Waals surface area contributed by atoms with Crippen LogP contribution in [-0.2, 0) is 0 Å². The first-order valence-electron chi connectivity index (χ1n) is 5.93. The predicted octanol–water partition coefficient (Wildman–Crippen LogP) is 2.89. The van der Waals surface area contributed by atoms with Gasteiger partial charge in [-0.2, -0.15) is 0 Å². The van der Waals surface area contributed by atoms with Crippen molar-refractivity contribution < 1.29 is 4.74 Å². The van der Waals surface area contributed by atoms with Gasteiger partial charge in [0.15, 0.2) is 5.65 Å². The monoisotopic (exact) mass is 251 g/mol. The van der Waals surface area contributed by atoms with E-state index in [4.69, 9.17) is 10.5 Å². The van der Waals surface area contributed by atoms with Gasteiger partial charge in [-0.05, 0) is 35.9 Å². The Morgan fingerprint density at radius 1 is 1.11 bits per heavy atom. The van der Waals surface area contributed by atoms with Crippen LogP contribution in [0.25, 0.3) is 22.2 Å². The predicted molar refractivity (Wildman–Crippen MR) is 75.9 cm³/mol. The number of anilines is 1. The normalized spacial score (nSPS) is 10.6. The molecule has 0 saturated heterocycles. The maximum Gasteiger partial charge on any atom is 0.161 e. The Bertz CT molecular complexity index is 740. The first-order valence-corrected chi connectivity index (χ1v) is 5.93. The molecule has 4 heteroatoms. The van der Waals surface area contributed by atoms with Gasteiger partial charge in [0.2, 0.25) is 0 Å². The summed E-state index contributed by atoms with van der Waals surface area (Å²) < 4.78 is 5.23. The summed E-state index contributed by atoms with van der Waals surface area (Å²) >= 11 is 0. The Labute approximate surface area is 110 Å². The summed E-state index contributed by atoms with van der Waals surface area (Å²) in [5, 5.41) is 0.967. The van der Waals surface area contributed by atoms with E-state index in [-0.39, 0.29) is 0 Å². The van der Waals surface area contributed by atoms with Gasteiger partial charge in [0.1, 0.15) is 11.6 Å². The van der Waals surface area contributed by atoms with Gasteiger partial charge in [0.25, 0.3) is 0 Å². The SMILES string of the molecule is COc1cccc(-c2cc3cccnc3nc2N)c1. The van der Waals surface area contributed by atoms with Gasteiger partial charge in [0.05, 0.1) is 7.11 Å². The van der Waals surface area contributed by atoms with E-state index in [0.29, 0.717) is 11.5 Å². The lowest BCUT2D eigenvalue weighted by molar-refractivity contribution is 0.415. The van der Waals surface area contributed by atoms with E-state index in [1.165, 1.54) is 0 Å². The van der Waals surface area contributed by atoms with E-state index >= 15 is 0 Å². The maximum atomic E-state index is 6.02. The Hall–Kier alpha value is -2.62. The Morgan fingerprint density at radius 2 is 2.00 bits per heavy atom. The highest BCUT2D eigenvalue weighted by Gasteiger charge is 2.07. The second-order valence-electron chi connectivity index (χ2n) is 4.20. The molecule has 0 atom stereocenters. The summed E-state index contributed by atoms with van der Waals surface area (Å²) in [6.45, 7) is 0. The van der Waals surface area contributed by atoms with Crippen molar-refractivity contribution in [3.05, 3.63) is 48.7 Å². The average molecular weight is 251 g/mol. The number of rotatable bonds is 2. The van der Waals surface area contributed by atoms with E-state index in [0.717, 1.165) is 22.3 Å². The molecular weight excluding hydrogens is 238 g/mol. The molecule has 0 aliphatic carbocycles. The lowest BCUT2D eigenvalue weighted by Crippen LogP contribution is -1.96. The number of methoxy groups -OCH3 is 1. The molecule has 2 N–H and O–H groups in total. The number of hydrogen-bond acceptors (Lipinski definition) is 4. The van der Waals surface area contributed by atoms with Crippen molar-refractivity contribution in [2.45, 2.75) is 0 Å². The number of nitrogen functional groups attached to an aromatic ring is 1. The number of pyridine rings is 2. The molecule has 0 fully saturated rings. The van der Waals surface area contributed by atoms with Crippen molar-refractivity contribution in [3.8, 4) is 16.9 Å². The zero-order chi connectivity index (χ0) is 13.2. The molecule has 2 aromatic heterocycles. The van der Waals surface area contributed by atoms with Gasteiger partial charge >= 0.3 is 0 Å². The van der Waals surface area contributed by atoms with E-state index < -0.39 is 0 Å². The van der Waals surface area contributed by atoms with Crippen LogP contribution in [0.1, 0.15) is 0 Å². The van der Waals surface area contributed by atoms with Gasteiger partial charge in [-0.15, -0.1) is 0 Å². The van der Waals surface area contributed by atoms with Crippen LogP contribution in [0.5, 0.6) is 5.75 Å². The van der Waals surface area contributed by atoms with Crippen LogP contribution >= 0.6 is 0 Å². The van der Waals surface area contributed by atoms with Crippen LogP contribution in [0.3, 0.4) is 0 Å². The lowest BCUT2D eigenvalue weighted by Gasteiger charge is -2.08. The second-order valence-corrected chi connectivity index (χ2v) is 4.20. The highest BCUT2D eigenvalue weighted by molar-refractivity contribution is 5.86. The molecule has 19 heavy (non-hydrogen) atoms. The molecule has 0 saturated carbocycles. The fourth-order valence-corrected chi connectivity index (χ4v) is 2.04. The van der Waals surface area contributed by atoms with Crippen LogP contribution in [0.4, 0.5) is 5.82 Å². The van der Waals surface area contributed by atoms with Crippen molar-refractivity contribution in [1.29, 1.82) is 0 Å². The third-order valence-corrected chi connectivity index (χ3v) is 3.00. The number of aromatic nitrogens is 2. The molecule has 3 aromatic rings. The minimum absolute atomic E-state index is 0.472. The summed E-state index contributed by atoms with van der Waals surface area (Å²) in [5.74, 6) is 1.27. The third-order valence-electron chi connectivity index (χ3n) is 3.00. The molecule has 1 aromatic carbocycles. The topological polar surface area (TPSA) is 61.0 Å². The maximum absolute atomic E-state index is 6.02. The molecule has 0 radical (unpaired) electrons. The van der Waals surface area contributed by atoms with E-state index in [9.17, 15) is 0 Å². The highest BCUT2D eigenvalue weighted by atomic mass is 16.5. The molecule has 0 spiro atoms. The third kappa shape index (κ3) is 2.08. The number of benzene rings is 1. The number of nitrogens with two attached hydrogens (primary N) is 1. The van der Waals surface area contributed by atoms with Gasteiger partial charge in [-0.3, -0.25) is 0 Å². The van der Waals surface area contributed by atoms with Crippen LogP contribution in [0.15, 0.2) is 48.7 Å². The summed E-state index contributed by atoms with van der Waals surface area (Å²) in [7, 11) is 1.64. The standard InChI is InChI=1S/C15H13N3O/c1-19-12-6-2-4-10(8-12)13-9-11-5-3-7-17-15(11)18-14(13)16/h2-9H,1H3,(H2,16,17,18). The van der Waals surface area contributed by atoms with Crippen molar-refractivity contribution in [1.82, 2.24) is 9.97 Å². The van der Waals surface area contributed by atoms with Crippen molar-refractivity contribution in [2.75, 3.05) is 12.8 Å². The van der Waals surface area contributed by atoms with E-state index in [2.05, 4.69) is 9.97 Å². The molecule has 2 heterocycles. The van der Waals surface area contributed by atoms with E-state index in [1.54, 1.807) is 13.3 Å². The molecular formula is C15H13N3O. The molecule has 0 aliphatic heterocycles. The average Bonchev–Trinajstić information content (AvgIpc) is 2.46. The van der Waals surface area contributed by atoms with Gasteiger partial charge < -0.3 is 10.5 Å². The Balaban J connectivity index is 2.20. The molecule has 3 rings (SSSR count). The number of nitrogens with zero attached hydrogens (tertiary/aromatic N) is 2. The van der Waals surface area contributed by atoms with Crippen molar-refractivity contribution >= 4 is 16.9 Å². The number of hydrogen-bond donors (Lipinski definition) is 1. The smallest absolute Gasteiger partial charge is 0.161 e. The largest absolute Gasteiger partial charge is 0.497 e. The first kappa shape index (κ1) is 11.5.